The minimum Gasteiger partial charge on any atom is -0.448 e. The standard InChI is InChI=1S/C26H26N2O2/c1-18(2)27-16-15-19-11-13-20(14-12-19)28-26(29)30-17-25-23-9-5-3-7-21(23)22-8-4-6-10-24(22)25/h3-14,25,27H,1,15-17H2,2H3,(H,28,29). The van der Waals surface area contributed by atoms with Crippen LogP contribution in [0.5, 0.6) is 0 Å². The summed E-state index contributed by atoms with van der Waals surface area (Å²) in [5, 5.41) is 6.04. The van der Waals surface area contributed by atoms with Gasteiger partial charge in [-0.1, -0.05) is 67.2 Å². The van der Waals surface area contributed by atoms with Crippen molar-refractivity contribution in [1.82, 2.24) is 5.32 Å². The van der Waals surface area contributed by atoms with E-state index in [2.05, 4.69) is 41.5 Å². The highest BCUT2D eigenvalue weighted by Gasteiger charge is 2.28. The molecule has 30 heavy (non-hydrogen) atoms. The maximum absolute atomic E-state index is 12.4. The quantitative estimate of drug-likeness (QED) is 0.536. The third-order valence-electron chi connectivity index (χ3n) is 5.38. The van der Waals surface area contributed by atoms with Gasteiger partial charge in [-0.25, -0.2) is 4.79 Å². The van der Waals surface area contributed by atoms with Gasteiger partial charge in [0.05, 0.1) is 0 Å². The van der Waals surface area contributed by atoms with Gasteiger partial charge in [-0.05, 0) is 53.3 Å². The normalized spacial score (nSPS) is 12.0. The summed E-state index contributed by atoms with van der Waals surface area (Å²) in [6.45, 7) is 6.93. The smallest absolute Gasteiger partial charge is 0.411 e. The number of rotatable bonds is 7. The number of fused-ring (bicyclic) bond motifs is 3. The third kappa shape index (κ3) is 4.38. The Labute approximate surface area is 177 Å². The zero-order chi connectivity index (χ0) is 20.9. The highest BCUT2D eigenvalue weighted by atomic mass is 16.5. The predicted octanol–water partition coefficient (Wildman–Crippen LogP) is 5.71. The fourth-order valence-corrected chi connectivity index (χ4v) is 3.93. The number of hydrogen-bond acceptors (Lipinski definition) is 3. The van der Waals surface area contributed by atoms with Gasteiger partial charge in [0, 0.05) is 23.8 Å². The third-order valence-corrected chi connectivity index (χ3v) is 5.38. The van der Waals surface area contributed by atoms with E-state index in [1.807, 2.05) is 55.5 Å². The first-order chi connectivity index (χ1) is 14.6. The molecule has 4 rings (SSSR count). The second-order valence-corrected chi connectivity index (χ2v) is 7.60. The van der Waals surface area contributed by atoms with Crippen LogP contribution < -0.4 is 10.6 Å². The first-order valence-corrected chi connectivity index (χ1v) is 10.2. The lowest BCUT2D eigenvalue weighted by Crippen LogP contribution is -2.18. The van der Waals surface area contributed by atoms with E-state index in [0.717, 1.165) is 24.4 Å². The molecule has 152 valence electrons. The van der Waals surface area contributed by atoms with Gasteiger partial charge in [0.15, 0.2) is 0 Å². The minimum atomic E-state index is -0.437. The highest BCUT2D eigenvalue weighted by Crippen LogP contribution is 2.44. The number of ether oxygens (including phenoxy) is 1. The van der Waals surface area contributed by atoms with Crippen LogP contribution in [0.4, 0.5) is 10.5 Å². The largest absolute Gasteiger partial charge is 0.448 e. The van der Waals surface area contributed by atoms with Crippen LogP contribution in [0, 0.1) is 0 Å². The van der Waals surface area contributed by atoms with Crippen molar-refractivity contribution in [3.8, 4) is 11.1 Å². The number of anilines is 1. The number of carbonyl (C=O) groups is 1. The molecule has 1 aliphatic carbocycles. The molecule has 0 heterocycles. The summed E-state index contributed by atoms with van der Waals surface area (Å²) < 4.78 is 5.60. The van der Waals surface area contributed by atoms with Crippen LogP contribution in [0.1, 0.15) is 29.5 Å². The first-order valence-electron chi connectivity index (χ1n) is 10.2. The van der Waals surface area contributed by atoms with Crippen molar-refractivity contribution in [3.63, 3.8) is 0 Å². The van der Waals surface area contributed by atoms with E-state index < -0.39 is 6.09 Å². The maximum atomic E-state index is 12.4. The van der Waals surface area contributed by atoms with Crippen LogP contribution in [-0.2, 0) is 11.2 Å². The highest BCUT2D eigenvalue weighted by molar-refractivity contribution is 5.85. The number of nitrogens with one attached hydrogen (secondary N) is 2. The van der Waals surface area contributed by atoms with Crippen LogP contribution in [-0.4, -0.2) is 19.2 Å². The lowest BCUT2D eigenvalue weighted by Gasteiger charge is -2.14. The Kier molecular flexibility index (Phi) is 5.84. The van der Waals surface area contributed by atoms with Gasteiger partial charge in [-0.15, -0.1) is 0 Å². The van der Waals surface area contributed by atoms with Crippen LogP contribution >= 0.6 is 0 Å². The van der Waals surface area contributed by atoms with Gasteiger partial charge in [0.25, 0.3) is 0 Å². The minimum absolute atomic E-state index is 0.0614. The summed E-state index contributed by atoms with van der Waals surface area (Å²) >= 11 is 0. The lowest BCUT2D eigenvalue weighted by atomic mass is 9.98. The number of amides is 1. The monoisotopic (exact) mass is 398 g/mol. The Balaban J connectivity index is 1.35. The van der Waals surface area contributed by atoms with Crippen molar-refractivity contribution in [2.45, 2.75) is 19.3 Å². The van der Waals surface area contributed by atoms with Gasteiger partial charge < -0.3 is 10.1 Å². The molecule has 0 bridgehead atoms. The molecule has 0 radical (unpaired) electrons. The predicted molar refractivity (Wildman–Crippen MR) is 122 cm³/mol. The van der Waals surface area contributed by atoms with E-state index in [9.17, 15) is 4.79 Å². The van der Waals surface area contributed by atoms with Gasteiger partial charge >= 0.3 is 6.09 Å². The van der Waals surface area contributed by atoms with Crippen molar-refractivity contribution < 1.29 is 9.53 Å². The summed E-state index contributed by atoms with van der Waals surface area (Å²) in [7, 11) is 0. The van der Waals surface area contributed by atoms with Crippen molar-refractivity contribution in [2.24, 2.45) is 0 Å². The molecule has 0 saturated carbocycles. The topological polar surface area (TPSA) is 50.4 Å². The Morgan fingerprint density at radius 1 is 0.933 bits per heavy atom. The van der Waals surface area contributed by atoms with Crippen molar-refractivity contribution in [2.75, 3.05) is 18.5 Å². The fraction of sp³-hybridized carbons (Fsp3) is 0.192. The number of carbonyl (C=O) groups excluding carboxylic acids is 1. The molecule has 0 saturated heterocycles. The summed E-state index contributed by atoms with van der Waals surface area (Å²) in [4.78, 5) is 12.4. The molecule has 2 N–H and O–H groups in total. The van der Waals surface area contributed by atoms with E-state index in [1.165, 1.54) is 27.8 Å². The molecule has 0 unspecified atom stereocenters. The SMILES string of the molecule is C=C(C)NCCc1ccc(NC(=O)OCC2c3ccccc3-c3ccccc32)cc1. The lowest BCUT2D eigenvalue weighted by molar-refractivity contribution is 0.158. The van der Waals surface area contributed by atoms with Gasteiger partial charge in [-0.3, -0.25) is 5.32 Å². The van der Waals surface area contributed by atoms with E-state index in [-0.39, 0.29) is 5.92 Å². The van der Waals surface area contributed by atoms with Gasteiger partial charge in [0.1, 0.15) is 6.61 Å². The first kappa shape index (κ1) is 19.8. The number of hydrogen-bond donors (Lipinski definition) is 2. The molecular formula is C26H26N2O2. The van der Waals surface area contributed by atoms with Gasteiger partial charge in [-0.2, -0.15) is 0 Å². The average molecular weight is 399 g/mol. The van der Waals surface area contributed by atoms with Crippen LogP contribution in [0.25, 0.3) is 11.1 Å². The number of benzene rings is 3. The average Bonchev–Trinajstić information content (AvgIpc) is 3.07. The van der Waals surface area contributed by atoms with Crippen LogP contribution in [0.2, 0.25) is 0 Å². The number of allylic oxidation sites excluding steroid dienone is 1. The van der Waals surface area contributed by atoms with E-state index in [1.54, 1.807) is 0 Å². The Morgan fingerprint density at radius 3 is 2.13 bits per heavy atom. The molecule has 3 aromatic carbocycles. The second kappa shape index (κ2) is 8.87. The van der Waals surface area contributed by atoms with E-state index in [4.69, 9.17) is 4.74 Å². The molecule has 0 atom stereocenters. The molecule has 1 amide bonds. The van der Waals surface area contributed by atoms with Crippen molar-refractivity contribution in [1.29, 1.82) is 0 Å². The summed E-state index contributed by atoms with van der Waals surface area (Å²) in [5.41, 5.74) is 7.74. The molecular weight excluding hydrogens is 372 g/mol. The molecule has 0 aromatic heterocycles. The van der Waals surface area contributed by atoms with Gasteiger partial charge in [0.2, 0.25) is 0 Å². The summed E-state index contributed by atoms with van der Waals surface area (Å²) in [5.74, 6) is 0.0614. The molecule has 4 heteroatoms. The van der Waals surface area contributed by atoms with E-state index in [0.29, 0.717) is 6.61 Å². The molecule has 0 spiro atoms. The van der Waals surface area contributed by atoms with Crippen LogP contribution in [0.3, 0.4) is 0 Å². The zero-order valence-corrected chi connectivity index (χ0v) is 17.2. The zero-order valence-electron chi connectivity index (χ0n) is 17.2. The maximum Gasteiger partial charge on any atom is 0.411 e. The Hall–Kier alpha value is -3.53. The molecule has 1 aliphatic rings. The van der Waals surface area contributed by atoms with Crippen molar-refractivity contribution >= 4 is 11.8 Å². The molecule has 0 aliphatic heterocycles. The Bertz CT molecular complexity index is 1010. The fourth-order valence-electron chi connectivity index (χ4n) is 3.93. The van der Waals surface area contributed by atoms with Crippen LogP contribution in [0.15, 0.2) is 85.1 Å². The summed E-state index contributed by atoms with van der Waals surface area (Å²) in [6.07, 6.45) is 0.464. The molecule has 3 aromatic rings. The Morgan fingerprint density at radius 2 is 1.53 bits per heavy atom. The summed E-state index contributed by atoms with van der Waals surface area (Å²) in [6, 6.07) is 24.5. The molecule has 0 fully saturated rings. The molecule has 4 nitrogen and oxygen atoms in total. The second-order valence-electron chi connectivity index (χ2n) is 7.60. The van der Waals surface area contributed by atoms with E-state index >= 15 is 0 Å². The van der Waals surface area contributed by atoms with Crippen molar-refractivity contribution in [3.05, 3.63) is 102 Å².